The Kier molecular flexibility index (Phi) is 5.11. The van der Waals surface area contributed by atoms with Crippen molar-refractivity contribution in [2.45, 2.75) is 26.3 Å². The fourth-order valence-electron chi connectivity index (χ4n) is 2.79. The number of nitrogens with one attached hydrogen (secondary N) is 1. The second kappa shape index (κ2) is 6.62. The highest BCUT2D eigenvalue weighted by Crippen LogP contribution is 2.31. The van der Waals surface area contributed by atoms with Crippen LogP contribution in [0.2, 0.25) is 0 Å². The Labute approximate surface area is 124 Å². The van der Waals surface area contributed by atoms with Crippen LogP contribution in [-0.2, 0) is 0 Å². The van der Waals surface area contributed by atoms with E-state index in [2.05, 4.69) is 58.2 Å². The highest BCUT2D eigenvalue weighted by Gasteiger charge is 2.25. The lowest BCUT2D eigenvalue weighted by atomic mass is 9.93. The molecule has 0 amide bonds. The van der Waals surface area contributed by atoms with Crippen molar-refractivity contribution in [3.05, 3.63) is 22.7 Å². The lowest BCUT2D eigenvalue weighted by Gasteiger charge is -2.38. The van der Waals surface area contributed by atoms with Crippen molar-refractivity contribution in [2.24, 2.45) is 5.92 Å². The molecule has 0 saturated carbocycles. The number of rotatable bonds is 4. The van der Waals surface area contributed by atoms with Gasteiger partial charge in [-0.25, -0.2) is 0 Å². The monoisotopic (exact) mass is 326 g/mol. The van der Waals surface area contributed by atoms with Gasteiger partial charge in [0.25, 0.3) is 0 Å². The van der Waals surface area contributed by atoms with E-state index < -0.39 is 0 Å². The van der Waals surface area contributed by atoms with Crippen molar-refractivity contribution >= 4 is 21.6 Å². The maximum Gasteiger partial charge on any atom is 0.135 e. The van der Waals surface area contributed by atoms with Crippen LogP contribution < -0.4 is 15.0 Å². The average molecular weight is 327 g/mol. The topological polar surface area (TPSA) is 24.5 Å². The maximum absolute atomic E-state index is 5.38. The van der Waals surface area contributed by atoms with E-state index in [9.17, 15) is 0 Å². The SMILES string of the molecule is CCNC1CCN(c2ccc(Br)c(OC)c2)CC1C. The largest absolute Gasteiger partial charge is 0.495 e. The number of nitrogens with zero attached hydrogens (tertiary/aromatic N) is 1. The van der Waals surface area contributed by atoms with Gasteiger partial charge in [-0.15, -0.1) is 0 Å². The molecular weight excluding hydrogens is 304 g/mol. The van der Waals surface area contributed by atoms with Crippen LogP contribution in [0, 0.1) is 5.92 Å². The summed E-state index contributed by atoms with van der Waals surface area (Å²) in [6, 6.07) is 6.99. The lowest BCUT2D eigenvalue weighted by Crippen LogP contribution is -2.48. The van der Waals surface area contributed by atoms with E-state index in [4.69, 9.17) is 4.74 Å². The summed E-state index contributed by atoms with van der Waals surface area (Å²) in [5.74, 6) is 1.57. The number of ether oxygens (including phenoxy) is 1. The fraction of sp³-hybridized carbons (Fsp3) is 0.600. The molecular formula is C15H23BrN2O. The summed E-state index contributed by atoms with van der Waals surface area (Å²) in [6.45, 7) is 7.77. The van der Waals surface area contributed by atoms with Crippen LogP contribution >= 0.6 is 15.9 Å². The maximum atomic E-state index is 5.38. The van der Waals surface area contributed by atoms with Crippen molar-refractivity contribution in [1.29, 1.82) is 0 Å². The normalized spacial score (nSPS) is 23.5. The Bertz CT molecular complexity index is 425. The standard InChI is InChI=1S/C15H23BrN2O/c1-4-17-14-7-8-18(10-11(14)2)12-5-6-13(16)15(9-12)19-3/h5-6,9,11,14,17H,4,7-8,10H2,1-3H3. The molecule has 0 aromatic heterocycles. The van der Waals surface area contributed by atoms with Gasteiger partial charge in [0.05, 0.1) is 11.6 Å². The van der Waals surface area contributed by atoms with E-state index in [1.807, 2.05) is 0 Å². The van der Waals surface area contributed by atoms with Crippen molar-refractivity contribution in [2.75, 3.05) is 31.6 Å². The number of hydrogen-bond donors (Lipinski definition) is 1. The first kappa shape index (κ1) is 14.7. The molecule has 0 aliphatic carbocycles. The Morgan fingerprint density at radius 2 is 2.26 bits per heavy atom. The van der Waals surface area contributed by atoms with Crippen molar-refractivity contribution < 1.29 is 4.74 Å². The van der Waals surface area contributed by atoms with Crippen LogP contribution in [0.15, 0.2) is 22.7 Å². The molecule has 2 rings (SSSR count). The number of halogens is 1. The van der Waals surface area contributed by atoms with Crippen molar-refractivity contribution in [1.82, 2.24) is 5.32 Å². The van der Waals surface area contributed by atoms with Gasteiger partial charge >= 0.3 is 0 Å². The first-order valence-corrected chi connectivity index (χ1v) is 7.76. The molecule has 106 valence electrons. The number of anilines is 1. The van der Waals surface area contributed by atoms with E-state index in [1.54, 1.807) is 7.11 Å². The molecule has 19 heavy (non-hydrogen) atoms. The summed E-state index contributed by atoms with van der Waals surface area (Å²) in [5, 5.41) is 3.58. The predicted octanol–water partition coefficient (Wildman–Crippen LogP) is 3.28. The first-order chi connectivity index (χ1) is 9.15. The minimum atomic E-state index is 0.651. The number of piperidine rings is 1. The van der Waals surface area contributed by atoms with Crippen molar-refractivity contribution in [3.8, 4) is 5.75 Å². The van der Waals surface area contributed by atoms with E-state index in [0.717, 1.165) is 29.9 Å². The third-order valence-corrected chi connectivity index (χ3v) is 4.53. The zero-order valence-corrected chi connectivity index (χ0v) is 13.5. The summed E-state index contributed by atoms with van der Waals surface area (Å²) in [4.78, 5) is 2.45. The van der Waals surface area contributed by atoms with Crippen LogP contribution in [0.3, 0.4) is 0 Å². The molecule has 1 aromatic rings. The second-order valence-electron chi connectivity index (χ2n) is 5.19. The molecule has 1 aromatic carbocycles. The van der Waals surface area contributed by atoms with Crippen LogP contribution in [0.4, 0.5) is 5.69 Å². The summed E-state index contributed by atoms with van der Waals surface area (Å²) < 4.78 is 6.39. The van der Waals surface area contributed by atoms with Gasteiger partial charge in [0.15, 0.2) is 0 Å². The van der Waals surface area contributed by atoms with E-state index in [-0.39, 0.29) is 0 Å². The molecule has 3 nitrogen and oxygen atoms in total. The van der Waals surface area contributed by atoms with Gasteiger partial charge in [0.1, 0.15) is 5.75 Å². The van der Waals surface area contributed by atoms with Gasteiger partial charge in [-0.1, -0.05) is 13.8 Å². The Morgan fingerprint density at radius 3 is 2.89 bits per heavy atom. The highest BCUT2D eigenvalue weighted by molar-refractivity contribution is 9.10. The molecule has 1 fully saturated rings. The molecule has 4 heteroatoms. The molecule has 1 N–H and O–H groups in total. The lowest BCUT2D eigenvalue weighted by molar-refractivity contribution is 0.326. The van der Waals surface area contributed by atoms with Gasteiger partial charge in [-0.05, 0) is 46.9 Å². The zero-order chi connectivity index (χ0) is 13.8. The molecule has 0 radical (unpaired) electrons. The van der Waals surface area contributed by atoms with Crippen LogP contribution in [0.25, 0.3) is 0 Å². The molecule has 1 aliphatic rings. The van der Waals surface area contributed by atoms with Crippen LogP contribution in [0.5, 0.6) is 5.75 Å². The molecule has 1 saturated heterocycles. The smallest absolute Gasteiger partial charge is 0.135 e. The van der Waals surface area contributed by atoms with Crippen LogP contribution in [-0.4, -0.2) is 32.8 Å². The number of hydrogen-bond acceptors (Lipinski definition) is 3. The Balaban J connectivity index is 2.07. The second-order valence-corrected chi connectivity index (χ2v) is 6.05. The molecule has 1 heterocycles. The number of benzene rings is 1. The molecule has 2 unspecified atom stereocenters. The van der Waals surface area contributed by atoms with E-state index >= 15 is 0 Å². The Morgan fingerprint density at radius 1 is 1.47 bits per heavy atom. The third-order valence-electron chi connectivity index (χ3n) is 3.87. The molecule has 0 spiro atoms. The van der Waals surface area contributed by atoms with Gasteiger partial charge < -0.3 is 15.0 Å². The van der Waals surface area contributed by atoms with E-state index in [1.165, 1.54) is 12.1 Å². The van der Waals surface area contributed by atoms with E-state index in [0.29, 0.717) is 12.0 Å². The minimum absolute atomic E-state index is 0.651. The van der Waals surface area contributed by atoms with Crippen molar-refractivity contribution in [3.63, 3.8) is 0 Å². The Hall–Kier alpha value is -0.740. The quantitative estimate of drug-likeness (QED) is 0.918. The third kappa shape index (κ3) is 3.42. The summed E-state index contributed by atoms with van der Waals surface area (Å²) in [5.41, 5.74) is 1.25. The summed E-state index contributed by atoms with van der Waals surface area (Å²) in [7, 11) is 1.71. The average Bonchev–Trinajstić information content (AvgIpc) is 2.42. The zero-order valence-electron chi connectivity index (χ0n) is 11.9. The van der Waals surface area contributed by atoms with Crippen LogP contribution in [0.1, 0.15) is 20.3 Å². The molecule has 1 aliphatic heterocycles. The van der Waals surface area contributed by atoms with Gasteiger partial charge in [-0.2, -0.15) is 0 Å². The fourth-order valence-corrected chi connectivity index (χ4v) is 3.20. The molecule has 0 bridgehead atoms. The predicted molar refractivity (Wildman–Crippen MR) is 84.2 cm³/mol. The van der Waals surface area contributed by atoms with Gasteiger partial charge in [0.2, 0.25) is 0 Å². The minimum Gasteiger partial charge on any atom is -0.495 e. The summed E-state index contributed by atoms with van der Waals surface area (Å²) in [6.07, 6.45) is 1.20. The molecule has 2 atom stereocenters. The van der Waals surface area contributed by atoms with Gasteiger partial charge in [0, 0.05) is 30.9 Å². The summed E-state index contributed by atoms with van der Waals surface area (Å²) >= 11 is 3.50. The highest BCUT2D eigenvalue weighted by atomic mass is 79.9. The first-order valence-electron chi connectivity index (χ1n) is 6.97. The number of methoxy groups -OCH3 is 1. The van der Waals surface area contributed by atoms with Gasteiger partial charge in [-0.3, -0.25) is 0 Å².